The summed E-state index contributed by atoms with van der Waals surface area (Å²) in [6.07, 6.45) is 6.81. The molecule has 0 heterocycles. The first-order chi connectivity index (χ1) is 6.64. The number of rotatable bonds is 7. The molecule has 1 N–H and O–H groups in total. The molecule has 0 aromatic carbocycles. The van der Waals surface area contributed by atoms with Gasteiger partial charge in [0.15, 0.2) is 0 Å². The normalized spacial score (nSPS) is 23.1. The Morgan fingerprint density at radius 3 is 2.29 bits per heavy atom. The van der Waals surface area contributed by atoms with Crippen LogP contribution in [0.2, 0.25) is 0 Å². The molecule has 0 aromatic heterocycles. The minimum absolute atomic E-state index is 0.629. The first-order valence-electron chi connectivity index (χ1n) is 6.37. The first-order valence-corrected chi connectivity index (χ1v) is 6.37. The van der Waals surface area contributed by atoms with E-state index < -0.39 is 0 Å². The third-order valence-corrected chi connectivity index (χ3v) is 3.72. The van der Waals surface area contributed by atoms with Crippen molar-refractivity contribution in [3.63, 3.8) is 0 Å². The molecule has 1 saturated carbocycles. The molecule has 0 spiro atoms. The molecule has 1 aliphatic rings. The van der Waals surface area contributed by atoms with Gasteiger partial charge in [0.05, 0.1) is 0 Å². The zero-order valence-corrected chi connectivity index (χ0v) is 10.4. The zero-order valence-electron chi connectivity index (χ0n) is 10.4. The molecule has 1 rings (SSSR count). The molecule has 2 atom stereocenters. The minimum Gasteiger partial charge on any atom is -0.313 e. The Morgan fingerprint density at radius 1 is 1.21 bits per heavy atom. The molecule has 1 fully saturated rings. The molecule has 0 aromatic rings. The van der Waals surface area contributed by atoms with Gasteiger partial charge in [-0.3, -0.25) is 0 Å². The van der Waals surface area contributed by atoms with Gasteiger partial charge in [-0.2, -0.15) is 0 Å². The Hall–Kier alpha value is -0.0400. The summed E-state index contributed by atoms with van der Waals surface area (Å²) < 4.78 is 0. The van der Waals surface area contributed by atoms with E-state index in [0.717, 1.165) is 12.0 Å². The summed E-state index contributed by atoms with van der Waals surface area (Å²) in [4.78, 5) is 0. The maximum atomic E-state index is 3.76. The van der Waals surface area contributed by atoms with Crippen LogP contribution in [-0.4, -0.2) is 12.6 Å². The van der Waals surface area contributed by atoms with Crippen LogP contribution in [0.4, 0.5) is 0 Å². The van der Waals surface area contributed by atoms with Crippen molar-refractivity contribution in [3.8, 4) is 0 Å². The Kier molecular flexibility index (Phi) is 4.43. The molecular weight excluding hydrogens is 170 g/mol. The number of nitrogens with one attached hydrogen (secondary N) is 1. The number of hydrogen-bond acceptors (Lipinski definition) is 1. The van der Waals surface area contributed by atoms with Gasteiger partial charge in [0.25, 0.3) is 0 Å². The molecular formula is C13H27N. The molecule has 0 bridgehead atoms. The zero-order chi connectivity index (χ0) is 10.6. The first kappa shape index (κ1) is 12.0. The lowest BCUT2D eigenvalue weighted by Crippen LogP contribution is -2.41. The fourth-order valence-electron chi connectivity index (χ4n) is 2.56. The Bertz CT molecular complexity index is 161. The molecule has 84 valence electrons. The van der Waals surface area contributed by atoms with Crippen LogP contribution < -0.4 is 5.32 Å². The van der Waals surface area contributed by atoms with Crippen LogP contribution >= 0.6 is 0 Å². The maximum absolute atomic E-state index is 3.76. The van der Waals surface area contributed by atoms with Crippen LogP contribution in [-0.2, 0) is 0 Å². The molecule has 0 radical (unpaired) electrons. The van der Waals surface area contributed by atoms with Crippen molar-refractivity contribution in [1.82, 2.24) is 5.32 Å². The van der Waals surface area contributed by atoms with E-state index in [1.807, 2.05) is 0 Å². The van der Waals surface area contributed by atoms with Crippen molar-refractivity contribution in [2.45, 2.75) is 65.8 Å². The Morgan fingerprint density at radius 2 is 1.86 bits per heavy atom. The van der Waals surface area contributed by atoms with Crippen LogP contribution in [0.3, 0.4) is 0 Å². The molecule has 0 saturated heterocycles. The van der Waals surface area contributed by atoms with Crippen LogP contribution in [0.5, 0.6) is 0 Å². The summed E-state index contributed by atoms with van der Waals surface area (Å²) in [6.45, 7) is 10.6. The second-order valence-corrected chi connectivity index (χ2v) is 5.35. The summed E-state index contributed by atoms with van der Waals surface area (Å²) in [5, 5.41) is 3.76. The van der Waals surface area contributed by atoms with Crippen LogP contribution in [0.25, 0.3) is 0 Å². The lowest BCUT2D eigenvalue weighted by molar-refractivity contribution is 0.255. The van der Waals surface area contributed by atoms with Crippen molar-refractivity contribution in [3.05, 3.63) is 0 Å². The molecule has 1 nitrogen and oxygen atoms in total. The third-order valence-electron chi connectivity index (χ3n) is 3.72. The van der Waals surface area contributed by atoms with Gasteiger partial charge in [-0.1, -0.05) is 34.1 Å². The van der Waals surface area contributed by atoms with E-state index in [1.165, 1.54) is 38.6 Å². The van der Waals surface area contributed by atoms with E-state index in [4.69, 9.17) is 0 Å². The molecule has 14 heavy (non-hydrogen) atoms. The summed E-state index contributed by atoms with van der Waals surface area (Å²) in [7, 11) is 0. The van der Waals surface area contributed by atoms with Gasteiger partial charge in [0, 0.05) is 6.04 Å². The molecule has 1 aliphatic carbocycles. The fraction of sp³-hybridized carbons (Fsp3) is 1.00. The van der Waals surface area contributed by atoms with Gasteiger partial charge < -0.3 is 5.32 Å². The van der Waals surface area contributed by atoms with Crippen molar-refractivity contribution < 1.29 is 0 Å². The van der Waals surface area contributed by atoms with E-state index in [9.17, 15) is 0 Å². The second kappa shape index (κ2) is 5.16. The largest absolute Gasteiger partial charge is 0.313 e. The smallest absolute Gasteiger partial charge is 0.0146 e. The summed E-state index contributed by atoms with van der Waals surface area (Å²) in [5.41, 5.74) is 0.629. The predicted molar refractivity (Wildman–Crippen MR) is 63.5 cm³/mol. The van der Waals surface area contributed by atoms with E-state index in [1.54, 1.807) is 0 Å². The Labute approximate surface area is 89.7 Å². The van der Waals surface area contributed by atoms with Gasteiger partial charge in [0.1, 0.15) is 0 Å². The van der Waals surface area contributed by atoms with Crippen LogP contribution in [0, 0.1) is 11.3 Å². The molecule has 0 amide bonds. The predicted octanol–water partition coefficient (Wildman–Crippen LogP) is 3.59. The standard InChI is InChI=1S/C13H27N/c1-5-7-11(3)12(14-10-6-2)13(4)8-9-13/h11-12,14H,5-10H2,1-4H3. The fourth-order valence-corrected chi connectivity index (χ4v) is 2.56. The van der Waals surface area contributed by atoms with Gasteiger partial charge in [0.2, 0.25) is 0 Å². The maximum Gasteiger partial charge on any atom is 0.0146 e. The number of hydrogen-bond donors (Lipinski definition) is 1. The van der Waals surface area contributed by atoms with E-state index in [-0.39, 0.29) is 0 Å². The topological polar surface area (TPSA) is 12.0 Å². The highest BCUT2D eigenvalue weighted by molar-refractivity contribution is 5.00. The molecule has 0 aliphatic heterocycles. The van der Waals surface area contributed by atoms with Crippen molar-refractivity contribution in [1.29, 1.82) is 0 Å². The summed E-state index contributed by atoms with van der Waals surface area (Å²) >= 11 is 0. The SMILES string of the molecule is CCCNC(C(C)CCC)C1(C)CC1. The van der Waals surface area contributed by atoms with Crippen LogP contribution in [0.15, 0.2) is 0 Å². The quantitative estimate of drug-likeness (QED) is 0.657. The van der Waals surface area contributed by atoms with E-state index >= 15 is 0 Å². The second-order valence-electron chi connectivity index (χ2n) is 5.35. The highest BCUT2D eigenvalue weighted by Gasteiger charge is 2.46. The highest BCUT2D eigenvalue weighted by Crippen LogP contribution is 2.50. The monoisotopic (exact) mass is 197 g/mol. The average molecular weight is 197 g/mol. The minimum atomic E-state index is 0.629. The van der Waals surface area contributed by atoms with E-state index in [0.29, 0.717) is 5.41 Å². The van der Waals surface area contributed by atoms with Gasteiger partial charge in [-0.05, 0) is 43.6 Å². The van der Waals surface area contributed by atoms with Gasteiger partial charge >= 0.3 is 0 Å². The summed E-state index contributed by atoms with van der Waals surface area (Å²) in [6, 6.07) is 0.766. The van der Waals surface area contributed by atoms with Crippen molar-refractivity contribution in [2.75, 3.05) is 6.54 Å². The van der Waals surface area contributed by atoms with Crippen molar-refractivity contribution in [2.24, 2.45) is 11.3 Å². The lowest BCUT2D eigenvalue weighted by Gasteiger charge is -2.30. The highest BCUT2D eigenvalue weighted by atomic mass is 14.9. The van der Waals surface area contributed by atoms with Gasteiger partial charge in [-0.25, -0.2) is 0 Å². The van der Waals surface area contributed by atoms with Crippen LogP contribution in [0.1, 0.15) is 59.8 Å². The summed E-state index contributed by atoms with van der Waals surface area (Å²) in [5.74, 6) is 0.846. The van der Waals surface area contributed by atoms with E-state index in [2.05, 4.69) is 33.0 Å². The lowest BCUT2D eigenvalue weighted by atomic mass is 9.85. The molecule has 2 unspecified atom stereocenters. The molecule has 1 heteroatoms. The van der Waals surface area contributed by atoms with Gasteiger partial charge in [-0.15, -0.1) is 0 Å². The Balaban J connectivity index is 2.43. The third kappa shape index (κ3) is 2.98. The average Bonchev–Trinajstić information content (AvgIpc) is 2.86. The van der Waals surface area contributed by atoms with Crippen molar-refractivity contribution >= 4 is 0 Å².